The van der Waals surface area contributed by atoms with E-state index in [1.165, 1.54) is 30.3 Å². The summed E-state index contributed by atoms with van der Waals surface area (Å²) < 4.78 is 0. The van der Waals surface area contributed by atoms with Crippen molar-refractivity contribution in [3.05, 3.63) is 55.1 Å². The summed E-state index contributed by atoms with van der Waals surface area (Å²) in [7, 11) is 0. The Morgan fingerprint density at radius 3 is 2.63 bits per heavy atom. The average molecular weight is 395 g/mol. The molecule has 30 heavy (non-hydrogen) atoms. The van der Waals surface area contributed by atoms with Gasteiger partial charge >= 0.3 is 0 Å². The predicted molar refractivity (Wildman–Crippen MR) is 118 cm³/mol. The van der Waals surface area contributed by atoms with Gasteiger partial charge in [0, 0.05) is 30.1 Å². The van der Waals surface area contributed by atoms with Gasteiger partial charge in [0.25, 0.3) is 0 Å². The quantitative estimate of drug-likeness (QED) is 0.468. The fourth-order valence-electron chi connectivity index (χ4n) is 4.33. The van der Waals surface area contributed by atoms with Crippen molar-refractivity contribution in [2.45, 2.75) is 19.3 Å². The van der Waals surface area contributed by atoms with Gasteiger partial charge < -0.3 is 9.88 Å². The van der Waals surface area contributed by atoms with Crippen molar-refractivity contribution in [2.75, 3.05) is 18.0 Å². The summed E-state index contributed by atoms with van der Waals surface area (Å²) >= 11 is 0. The zero-order valence-electron chi connectivity index (χ0n) is 16.5. The molecule has 0 spiro atoms. The van der Waals surface area contributed by atoms with E-state index >= 15 is 0 Å². The Morgan fingerprint density at radius 1 is 0.833 bits per heavy atom. The number of nitrogens with zero attached hydrogens (tertiary/aromatic N) is 5. The predicted octanol–water partition coefficient (Wildman–Crippen LogP) is 4.55. The number of piperidine rings is 1. The third-order valence-electron chi connectivity index (χ3n) is 5.85. The van der Waals surface area contributed by atoms with Crippen LogP contribution in [0.15, 0.2) is 55.1 Å². The molecule has 6 heterocycles. The second-order valence-electron chi connectivity index (χ2n) is 7.75. The Kier molecular flexibility index (Phi) is 3.97. The number of anilines is 1. The molecular formula is C23H21N7. The number of aromatic amines is 2. The van der Waals surface area contributed by atoms with E-state index in [1.54, 1.807) is 6.20 Å². The summed E-state index contributed by atoms with van der Waals surface area (Å²) in [6.07, 6.45) is 11.3. The minimum Gasteiger partial charge on any atom is -0.370 e. The van der Waals surface area contributed by atoms with Gasteiger partial charge in [-0.2, -0.15) is 5.10 Å². The van der Waals surface area contributed by atoms with Crippen LogP contribution in [-0.4, -0.2) is 43.2 Å². The van der Waals surface area contributed by atoms with Crippen LogP contribution in [0.25, 0.3) is 44.6 Å². The molecule has 0 aliphatic carbocycles. The maximum atomic E-state index is 4.59. The third-order valence-corrected chi connectivity index (χ3v) is 5.85. The van der Waals surface area contributed by atoms with Crippen LogP contribution in [0.3, 0.4) is 0 Å². The highest BCUT2D eigenvalue weighted by molar-refractivity contribution is 6.00. The third kappa shape index (κ3) is 2.82. The van der Waals surface area contributed by atoms with Crippen LogP contribution in [0.1, 0.15) is 19.3 Å². The van der Waals surface area contributed by atoms with Crippen molar-refractivity contribution in [2.24, 2.45) is 0 Å². The lowest BCUT2D eigenvalue weighted by Crippen LogP contribution is -2.29. The SMILES string of the molecule is c1ccc(-c2cc3c(-c4cc5c(N6CCCCC6)cncc5[nH]4)n[nH]c3cn2)nc1. The van der Waals surface area contributed by atoms with Gasteiger partial charge in [0.05, 0.1) is 52.4 Å². The number of H-pyrrole nitrogens is 2. The first kappa shape index (κ1) is 17.1. The van der Waals surface area contributed by atoms with E-state index in [0.29, 0.717) is 0 Å². The largest absolute Gasteiger partial charge is 0.370 e. The summed E-state index contributed by atoms with van der Waals surface area (Å²) in [6, 6.07) is 10.1. The molecule has 0 saturated carbocycles. The van der Waals surface area contributed by atoms with Gasteiger partial charge in [-0.1, -0.05) is 6.07 Å². The van der Waals surface area contributed by atoms with Gasteiger partial charge in [0.1, 0.15) is 5.69 Å². The molecule has 5 aromatic heterocycles. The van der Waals surface area contributed by atoms with Crippen LogP contribution < -0.4 is 4.90 Å². The number of nitrogens with one attached hydrogen (secondary N) is 2. The topological polar surface area (TPSA) is 86.4 Å². The van der Waals surface area contributed by atoms with Gasteiger partial charge in [-0.05, 0) is 43.5 Å². The van der Waals surface area contributed by atoms with Crippen molar-refractivity contribution >= 4 is 27.5 Å². The molecule has 1 saturated heterocycles. The number of rotatable bonds is 3. The molecule has 7 heteroatoms. The van der Waals surface area contributed by atoms with E-state index in [2.05, 4.69) is 41.1 Å². The molecule has 0 atom stereocenters. The molecule has 1 aliphatic rings. The van der Waals surface area contributed by atoms with E-state index in [1.807, 2.05) is 42.9 Å². The zero-order chi connectivity index (χ0) is 19.9. The molecule has 5 aromatic rings. The molecule has 0 radical (unpaired) electrons. The highest BCUT2D eigenvalue weighted by Crippen LogP contribution is 2.34. The summed E-state index contributed by atoms with van der Waals surface area (Å²) in [5, 5.41) is 9.91. The fourth-order valence-corrected chi connectivity index (χ4v) is 4.33. The van der Waals surface area contributed by atoms with Gasteiger partial charge in [-0.25, -0.2) is 0 Å². The molecular weight excluding hydrogens is 374 g/mol. The van der Waals surface area contributed by atoms with Crippen LogP contribution in [0.2, 0.25) is 0 Å². The lowest BCUT2D eigenvalue weighted by Gasteiger charge is -2.28. The minimum atomic E-state index is 0.831. The molecule has 0 unspecified atom stereocenters. The summed E-state index contributed by atoms with van der Waals surface area (Å²) in [6.45, 7) is 2.18. The first-order valence-corrected chi connectivity index (χ1v) is 10.3. The number of fused-ring (bicyclic) bond motifs is 2. The molecule has 0 amide bonds. The van der Waals surface area contributed by atoms with Crippen LogP contribution in [-0.2, 0) is 0 Å². The molecule has 1 aliphatic heterocycles. The molecule has 1 fully saturated rings. The van der Waals surface area contributed by atoms with Crippen LogP contribution in [0, 0.1) is 0 Å². The normalized spacial score (nSPS) is 14.6. The minimum absolute atomic E-state index is 0.831. The number of pyridine rings is 3. The molecule has 0 aromatic carbocycles. The van der Waals surface area contributed by atoms with E-state index in [0.717, 1.165) is 52.3 Å². The van der Waals surface area contributed by atoms with Crippen molar-refractivity contribution < 1.29 is 0 Å². The standard InChI is InChI=1S/C23H21N7/c1-4-8-30(9-5-1)22-14-24-12-20-15(22)10-19(27-20)23-16-11-18(17-6-2-3-7-25-17)26-13-21(16)28-29-23/h2-3,6-7,10-14,27H,1,4-5,8-9H2,(H,28,29). The van der Waals surface area contributed by atoms with E-state index in [-0.39, 0.29) is 0 Å². The second kappa shape index (κ2) is 6.95. The smallest absolute Gasteiger partial charge is 0.116 e. The molecule has 148 valence electrons. The van der Waals surface area contributed by atoms with E-state index < -0.39 is 0 Å². The first-order valence-electron chi connectivity index (χ1n) is 10.3. The van der Waals surface area contributed by atoms with Crippen molar-refractivity contribution in [3.63, 3.8) is 0 Å². The Balaban J connectivity index is 1.47. The maximum Gasteiger partial charge on any atom is 0.116 e. The molecule has 6 rings (SSSR count). The monoisotopic (exact) mass is 395 g/mol. The van der Waals surface area contributed by atoms with Crippen LogP contribution in [0.4, 0.5) is 5.69 Å². The first-order chi connectivity index (χ1) is 14.9. The van der Waals surface area contributed by atoms with Gasteiger partial charge in [0.2, 0.25) is 0 Å². The van der Waals surface area contributed by atoms with Crippen molar-refractivity contribution in [3.8, 4) is 22.8 Å². The highest BCUT2D eigenvalue weighted by atomic mass is 15.1. The lowest BCUT2D eigenvalue weighted by molar-refractivity contribution is 0.578. The Labute approximate surface area is 173 Å². The number of hydrogen-bond acceptors (Lipinski definition) is 5. The number of hydrogen-bond donors (Lipinski definition) is 2. The zero-order valence-corrected chi connectivity index (χ0v) is 16.5. The summed E-state index contributed by atoms with van der Waals surface area (Å²) in [5.41, 5.74) is 6.66. The van der Waals surface area contributed by atoms with Crippen LogP contribution >= 0.6 is 0 Å². The van der Waals surface area contributed by atoms with Crippen molar-refractivity contribution in [1.82, 2.24) is 30.1 Å². The Bertz CT molecular complexity index is 1330. The van der Waals surface area contributed by atoms with Gasteiger partial charge in [0.15, 0.2) is 0 Å². The lowest BCUT2D eigenvalue weighted by atomic mass is 10.1. The maximum absolute atomic E-state index is 4.59. The second-order valence-corrected chi connectivity index (χ2v) is 7.75. The summed E-state index contributed by atoms with van der Waals surface area (Å²) in [4.78, 5) is 19.4. The Morgan fingerprint density at radius 2 is 1.77 bits per heavy atom. The average Bonchev–Trinajstić information content (AvgIpc) is 3.43. The van der Waals surface area contributed by atoms with Gasteiger partial charge in [-0.15, -0.1) is 0 Å². The van der Waals surface area contributed by atoms with E-state index in [4.69, 9.17) is 0 Å². The molecule has 0 bridgehead atoms. The van der Waals surface area contributed by atoms with Crippen molar-refractivity contribution in [1.29, 1.82) is 0 Å². The molecule has 2 N–H and O–H groups in total. The summed E-state index contributed by atoms with van der Waals surface area (Å²) in [5.74, 6) is 0. The number of aromatic nitrogens is 6. The highest BCUT2D eigenvalue weighted by Gasteiger charge is 2.18. The fraction of sp³-hybridized carbons (Fsp3) is 0.217. The molecule has 7 nitrogen and oxygen atoms in total. The Hall–Kier alpha value is -3.74. The van der Waals surface area contributed by atoms with Crippen LogP contribution in [0.5, 0.6) is 0 Å². The van der Waals surface area contributed by atoms with E-state index in [9.17, 15) is 0 Å². The van der Waals surface area contributed by atoms with Gasteiger partial charge in [-0.3, -0.25) is 20.1 Å².